The lowest BCUT2D eigenvalue weighted by atomic mass is 10.00. The number of rotatable bonds is 3. The van der Waals surface area contributed by atoms with E-state index in [4.69, 9.17) is 11.5 Å². The third kappa shape index (κ3) is 3.52. The first-order chi connectivity index (χ1) is 13.5. The van der Waals surface area contributed by atoms with Crippen molar-refractivity contribution in [3.05, 3.63) is 53.6 Å². The molecule has 0 bridgehead atoms. The number of hydrogen-bond acceptors (Lipinski definition) is 5. The largest absolute Gasteiger partial charge is 0.397 e. The summed E-state index contributed by atoms with van der Waals surface area (Å²) in [4.78, 5) is 20.3. The fourth-order valence-corrected chi connectivity index (χ4v) is 4.29. The Hall–Kier alpha value is -2.73. The molecule has 0 spiro atoms. The molecule has 2 aliphatic rings. The van der Waals surface area contributed by atoms with Crippen LogP contribution < -0.4 is 16.4 Å². The first-order valence-electron chi connectivity index (χ1n) is 10.0. The Kier molecular flexibility index (Phi) is 5.13. The summed E-state index contributed by atoms with van der Waals surface area (Å²) >= 11 is 0. The molecule has 6 heteroatoms. The van der Waals surface area contributed by atoms with Crippen LogP contribution in [0, 0.1) is 0 Å². The molecule has 1 amide bonds. The standard InChI is InChI=1S/C22H29N5O/c1-25-11-12-27(21(15-25)16-7-3-2-4-8-16)22(28)17-13-18(23)19(24)14-20(17)26-9-5-6-10-26/h2-4,7-8,13-14,21H,5-6,9-12,15,23-24H2,1H3. The molecule has 0 radical (unpaired) electrons. The van der Waals surface area contributed by atoms with Crippen LogP contribution in [0.15, 0.2) is 42.5 Å². The van der Waals surface area contributed by atoms with Crippen LogP contribution >= 0.6 is 0 Å². The molecular weight excluding hydrogens is 350 g/mol. The molecule has 6 nitrogen and oxygen atoms in total. The molecule has 1 unspecified atom stereocenters. The van der Waals surface area contributed by atoms with Crippen molar-refractivity contribution in [2.24, 2.45) is 0 Å². The zero-order valence-corrected chi connectivity index (χ0v) is 16.5. The number of nitrogens with two attached hydrogens (primary N) is 2. The van der Waals surface area contributed by atoms with Gasteiger partial charge in [0.2, 0.25) is 0 Å². The second kappa shape index (κ2) is 7.72. The number of likely N-dealkylation sites (N-methyl/N-ethyl adjacent to an activating group) is 1. The van der Waals surface area contributed by atoms with Crippen molar-refractivity contribution in [3.8, 4) is 0 Å². The minimum atomic E-state index is 0.0256. The molecule has 2 saturated heterocycles. The van der Waals surface area contributed by atoms with E-state index in [1.807, 2.05) is 29.2 Å². The van der Waals surface area contributed by atoms with Crippen molar-refractivity contribution >= 4 is 23.0 Å². The van der Waals surface area contributed by atoms with E-state index in [0.29, 0.717) is 23.5 Å². The van der Waals surface area contributed by atoms with Crippen molar-refractivity contribution in [2.45, 2.75) is 18.9 Å². The molecule has 2 aliphatic heterocycles. The van der Waals surface area contributed by atoms with Crippen LogP contribution in [0.25, 0.3) is 0 Å². The normalized spacial score (nSPS) is 20.5. The van der Waals surface area contributed by atoms with Crippen LogP contribution in [0.1, 0.15) is 34.8 Å². The number of piperazine rings is 1. The average Bonchev–Trinajstić information content (AvgIpc) is 3.24. The molecular formula is C22H29N5O. The average molecular weight is 380 g/mol. The van der Waals surface area contributed by atoms with Crippen LogP contribution in [0.2, 0.25) is 0 Å². The molecule has 2 fully saturated rings. The van der Waals surface area contributed by atoms with Gasteiger partial charge < -0.3 is 26.2 Å². The molecule has 2 heterocycles. The molecule has 0 aliphatic carbocycles. The van der Waals surface area contributed by atoms with Gasteiger partial charge >= 0.3 is 0 Å². The van der Waals surface area contributed by atoms with Crippen LogP contribution in [-0.2, 0) is 0 Å². The van der Waals surface area contributed by atoms with E-state index in [1.165, 1.54) is 0 Å². The van der Waals surface area contributed by atoms with Gasteiger partial charge in [0.1, 0.15) is 0 Å². The summed E-state index contributed by atoms with van der Waals surface area (Å²) < 4.78 is 0. The van der Waals surface area contributed by atoms with E-state index in [1.54, 1.807) is 6.07 Å². The summed E-state index contributed by atoms with van der Waals surface area (Å²) in [6, 6.07) is 13.9. The third-order valence-corrected chi connectivity index (χ3v) is 5.91. The number of carbonyl (C=O) groups is 1. The van der Waals surface area contributed by atoms with Gasteiger partial charge in [-0.3, -0.25) is 4.79 Å². The van der Waals surface area contributed by atoms with Crippen molar-refractivity contribution < 1.29 is 4.79 Å². The first-order valence-corrected chi connectivity index (χ1v) is 10.0. The predicted octanol–water partition coefficient (Wildman–Crippen LogP) is 2.58. The zero-order valence-electron chi connectivity index (χ0n) is 16.5. The Morgan fingerprint density at radius 2 is 1.64 bits per heavy atom. The van der Waals surface area contributed by atoms with E-state index in [2.05, 4.69) is 29.0 Å². The fraction of sp³-hybridized carbons (Fsp3) is 0.409. The van der Waals surface area contributed by atoms with E-state index in [9.17, 15) is 4.79 Å². The second-order valence-electron chi connectivity index (χ2n) is 7.88. The maximum absolute atomic E-state index is 13.7. The number of hydrogen-bond donors (Lipinski definition) is 2. The highest BCUT2D eigenvalue weighted by atomic mass is 16.2. The lowest BCUT2D eigenvalue weighted by Gasteiger charge is -2.41. The Balaban J connectivity index is 1.72. The van der Waals surface area contributed by atoms with Gasteiger partial charge in [-0.2, -0.15) is 0 Å². The summed E-state index contributed by atoms with van der Waals surface area (Å²) in [6.45, 7) is 4.28. The number of carbonyl (C=O) groups excluding carboxylic acids is 1. The van der Waals surface area contributed by atoms with E-state index < -0.39 is 0 Å². The topological polar surface area (TPSA) is 78.8 Å². The Morgan fingerprint density at radius 1 is 0.964 bits per heavy atom. The summed E-state index contributed by atoms with van der Waals surface area (Å²) in [6.07, 6.45) is 2.28. The second-order valence-corrected chi connectivity index (χ2v) is 7.88. The van der Waals surface area contributed by atoms with Crippen molar-refractivity contribution in [1.82, 2.24) is 9.80 Å². The fourth-order valence-electron chi connectivity index (χ4n) is 4.29. The number of anilines is 3. The van der Waals surface area contributed by atoms with Crippen LogP contribution in [0.5, 0.6) is 0 Å². The maximum atomic E-state index is 13.7. The highest BCUT2D eigenvalue weighted by molar-refractivity contribution is 6.02. The lowest BCUT2D eigenvalue weighted by molar-refractivity contribution is 0.0498. The Morgan fingerprint density at radius 3 is 2.36 bits per heavy atom. The first kappa shape index (κ1) is 18.6. The minimum Gasteiger partial charge on any atom is -0.397 e. The van der Waals surface area contributed by atoms with Crippen molar-refractivity contribution in [3.63, 3.8) is 0 Å². The monoisotopic (exact) mass is 379 g/mol. The molecule has 148 valence electrons. The van der Waals surface area contributed by atoms with Gasteiger partial charge in [-0.05, 0) is 37.6 Å². The molecule has 28 heavy (non-hydrogen) atoms. The number of amides is 1. The maximum Gasteiger partial charge on any atom is 0.256 e. The summed E-state index contributed by atoms with van der Waals surface area (Å²) in [7, 11) is 2.11. The van der Waals surface area contributed by atoms with Crippen LogP contribution in [0.4, 0.5) is 17.1 Å². The van der Waals surface area contributed by atoms with Gasteiger partial charge in [0.25, 0.3) is 5.91 Å². The van der Waals surface area contributed by atoms with Crippen molar-refractivity contribution in [1.29, 1.82) is 0 Å². The molecule has 0 aromatic heterocycles. The minimum absolute atomic E-state index is 0.0256. The van der Waals surface area contributed by atoms with Crippen LogP contribution in [-0.4, -0.2) is 55.5 Å². The number of nitrogen functional groups attached to an aromatic ring is 2. The Labute approximate surface area is 166 Å². The zero-order chi connectivity index (χ0) is 19.7. The van der Waals surface area contributed by atoms with Gasteiger partial charge in [0, 0.05) is 32.7 Å². The number of nitrogens with zero attached hydrogens (tertiary/aromatic N) is 3. The molecule has 4 N–H and O–H groups in total. The number of benzene rings is 2. The van der Waals surface area contributed by atoms with E-state index in [-0.39, 0.29) is 11.9 Å². The van der Waals surface area contributed by atoms with Crippen LogP contribution in [0.3, 0.4) is 0 Å². The molecule has 1 atom stereocenters. The van der Waals surface area contributed by atoms with E-state index >= 15 is 0 Å². The summed E-state index contributed by atoms with van der Waals surface area (Å²) in [5, 5.41) is 0. The van der Waals surface area contributed by atoms with Gasteiger partial charge in [-0.25, -0.2) is 0 Å². The lowest BCUT2D eigenvalue weighted by Crippen LogP contribution is -2.49. The summed E-state index contributed by atoms with van der Waals surface area (Å²) in [5.41, 5.74) is 15.9. The smallest absolute Gasteiger partial charge is 0.256 e. The Bertz CT molecular complexity index is 848. The quantitative estimate of drug-likeness (QED) is 0.802. The van der Waals surface area contributed by atoms with Gasteiger partial charge in [0.05, 0.1) is 28.7 Å². The molecule has 2 aromatic rings. The third-order valence-electron chi connectivity index (χ3n) is 5.91. The molecule has 2 aromatic carbocycles. The predicted molar refractivity (Wildman–Crippen MR) is 114 cm³/mol. The van der Waals surface area contributed by atoms with Gasteiger partial charge in [-0.1, -0.05) is 30.3 Å². The van der Waals surface area contributed by atoms with Gasteiger partial charge in [0.15, 0.2) is 0 Å². The summed E-state index contributed by atoms with van der Waals surface area (Å²) in [5.74, 6) is 0.0375. The highest BCUT2D eigenvalue weighted by Crippen LogP contribution is 2.34. The van der Waals surface area contributed by atoms with E-state index in [0.717, 1.165) is 50.3 Å². The highest BCUT2D eigenvalue weighted by Gasteiger charge is 2.33. The van der Waals surface area contributed by atoms with Crippen molar-refractivity contribution in [2.75, 3.05) is 56.1 Å². The molecule has 4 rings (SSSR count). The van der Waals surface area contributed by atoms with Gasteiger partial charge in [-0.15, -0.1) is 0 Å². The molecule has 0 saturated carbocycles. The SMILES string of the molecule is CN1CCN(C(=O)c2cc(N)c(N)cc2N2CCCC2)C(c2ccccc2)C1.